The molecule has 1 heterocycles. The minimum absolute atomic E-state index is 0.933. The highest BCUT2D eigenvalue weighted by Crippen LogP contribution is 2.40. The summed E-state index contributed by atoms with van der Waals surface area (Å²) in [6.45, 7) is 0. The molecule has 3 nitrogen and oxygen atoms in total. The van der Waals surface area contributed by atoms with E-state index in [1.54, 1.807) is 0 Å². The van der Waals surface area contributed by atoms with Crippen LogP contribution in [0, 0.1) is 0 Å². The molecule has 0 saturated carbocycles. The second-order valence-electron chi connectivity index (χ2n) is 12.4. The highest BCUT2D eigenvalue weighted by atomic mass is 15.1. The molecule has 236 valence electrons. The van der Waals surface area contributed by atoms with Crippen LogP contribution >= 0.6 is 0 Å². The molecule has 0 radical (unpaired) electrons. The van der Waals surface area contributed by atoms with Crippen molar-refractivity contribution >= 4 is 38.9 Å². The maximum absolute atomic E-state index is 5.08. The van der Waals surface area contributed by atoms with Gasteiger partial charge in [0.25, 0.3) is 0 Å². The molecule has 0 unspecified atom stereocenters. The Hall–Kier alpha value is -6.71. The monoisotopic (exact) mass is 639 g/mol. The first-order valence-corrected chi connectivity index (χ1v) is 17.0. The van der Waals surface area contributed by atoms with E-state index in [4.69, 9.17) is 4.98 Å². The molecule has 9 aromatic rings. The summed E-state index contributed by atoms with van der Waals surface area (Å²) in [5.41, 5.74) is 12.4. The van der Waals surface area contributed by atoms with Crippen LogP contribution in [-0.2, 0) is 0 Å². The van der Waals surface area contributed by atoms with E-state index in [0.29, 0.717) is 0 Å². The molecule has 0 spiro atoms. The number of hydrogen-bond acceptors (Lipinski definition) is 2. The number of fused-ring (bicyclic) bond motifs is 2. The Labute approximate surface area is 292 Å². The lowest BCUT2D eigenvalue weighted by Crippen LogP contribution is -2.09. The Morgan fingerprint density at radius 1 is 0.380 bits per heavy atom. The molecule has 0 aliphatic rings. The van der Waals surface area contributed by atoms with E-state index in [1.165, 1.54) is 33.0 Å². The first kappa shape index (κ1) is 29.4. The van der Waals surface area contributed by atoms with Crippen molar-refractivity contribution in [3.63, 3.8) is 0 Å². The van der Waals surface area contributed by atoms with Crippen molar-refractivity contribution in [3.8, 4) is 39.3 Å². The van der Waals surface area contributed by atoms with Crippen LogP contribution in [0.15, 0.2) is 200 Å². The fourth-order valence-electron chi connectivity index (χ4n) is 7.07. The summed E-state index contributed by atoms with van der Waals surface area (Å²) >= 11 is 0. The molecule has 0 N–H and O–H groups in total. The van der Waals surface area contributed by atoms with Gasteiger partial charge in [-0.3, -0.25) is 4.57 Å². The van der Waals surface area contributed by atoms with Gasteiger partial charge in [0.2, 0.25) is 0 Å². The maximum Gasteiger partial charge on any atom is 0.145 e. The highest BCUT2D eigenvalue weighted by molar-refractivity contribution is 6.06. The van der Waals surface area contributed by atoms with Gasteiger partial charge in [-0.25, -0.2) is 4.98 Å². The van der Waals surface area contributed by atoms with Gasteiger partial charge in [0.15, 0.2) is 0 Å². The second kappa shape index (κ2) is 12.7. The normalized spacial score (nSPS) is 11.2. The molecule has 9 rings (SSSR count). The minimum Gasteiger partial charge on any atom is -0.311 e. The highest BCUT2D eigenvalue weighted by Gasteiger charge is 2.16. The van der Waals surface area contributed by atoms with E-state index in [-0.39, 0.29) is 0 Å². The number of nitrogens with zero attached hydrogens (tertiary/aromatic N) is 3. The largest absolute Gasteiger partial charge is 0.311 e. The fraction of sp³-hybridized carbons (Fsp3) is 0. The topological polar surface area (TPSA) is 21.1 Å². The van der Waals surface area contributed by atoms with Gasteiger partial charge in [-0.05, 0) is 93.7 Å². The van der Waals surface area contributed by atoms with Crippen LogP contribution in [-0.4, -0.2) is 9.55 Å². The van der Waals surface area contributed by atoms with Crippen LogP contribution in [0.2, 0.25) is 0 Å². The summed E-state index contributed by atoms with van der Waals surface area (Å²) in [6, 6.07) is 70.9. The van der Waals surface area contributed by atoms with Gasteiger partial charge in [0.05, 0.1) is 11.0 Å². The predicted molar refractivity (Wildman–Crippen MR) is 210 cm³/mol. The van der Waals surface area contributed by atoms with Gasteiger partial charge in [-0.15, -0.1) is 0 Å². The van der Waals surface area contributed by atoms with Crippen molar-refractivity contribution in [2.24, 2.45) is 0 Å². The van der Waals surface area contributed by atoms with E-state index < -0.39 is 0 Å². The SMILES string of the molecule is c1ccc(N(c2ccccc2)c2ccc(-c3cccc4cccc(-c5ccc(-c6nc7ccccc7n6-c6ccccc6)cc5)c34)cc2)cc1. The first-order chi connectivity index (χ1) is 24.8. The summed E-state index contributed by atoms with van der Waals surface area (Å²) in [4.78, 5) is 7.38. The van der Waals surface area contributed by atoms with E-state index >= 15 is 0 Å². The molecular formula is C47H33N3. The molecule has 0 aliphatic carbocycles. The molecule has 0 saturated heterocycles. The van der Waals surface area contributed by atoms with Crippen molar-refractivity contribution in [1.82, 2.24) is 9.55 Å². The number of rotatable bonds is 7. The third kappa shape index (κ3) is 5.32. The molecular weight excluding hydrogens is 607 g/mol. The molecule has 3 heteroatoms. The quantitative estimate of drug-likeness (QED) is 0.173. The Balaban J connectivity index is 1.11. The Kier molecular flexibility index (Phi) is 7.49. The lowest BCUT2D eigenvalue weighted by molar-refractivity contribution is 1.10. The van der Waals surface area contributed by atoms with E-state index in [0.717, 1.165) is 45.2 Å². The molecule has 0 fully saturated rings. The number of hydrogen-bond donors (Lipinski definition) is 0. The van der Waals surface area contributed by atoms with Crippen LogP contribution in [0.25, 0.3) is 61.1 Å². The number of aromatic nitrogens is 2. The second-order valence-corrected chi connectivity index (χ2v) is 12.4. The van der Waals surface area contributed by atoms with E-state index in [2.05, 4.69) is 198 Å². The van der Waals surface area contributed by atoms with E-state index in [9.17, 15) is 0 Å². The van der Waals surface area contributed by atoms with Crippen LogP contribution in [0.3, 0.4) is 0 Å². The number of benzene rings is 8. The van der Waals surface area contributed by atoms with Crippen molar-refractivity contribution in [2.45, 2.75) is 0 Å². The lowest BCUT2D eigenvalue weighted by Gasteiger charge is -2.25. The average Bonchev–Trinajstić information content (AvgIpc) is 3.59. The molecule has 50 heavy (non-hydrogen) atoms. The third-order valence-corrected chi connectivity index (χ3v) is 9.40. The Morgan fingerprint density at radius 3 is 1.46 bits per heavy atom. The fourth-order valence-corrected chi connectivity index (χ4v) is 7.07. The summed E-state index contributed by atoms with van der Waals surface area (Å²) in [6.07, 6.45) is 0. The third-order valence-electron chi connectivity index (χ3n) is 9.40. The number of anilines is 3. The number of imidazole rings is 1. The standard InChI is InChI=1S/C47H33N3/c1-4-16-38(17-5-1)49(39-18-6-2-7-19-39)41-32-30-35(31-33-41)43-23-13-15-36-14-12-22-42(46(36)43)34-26-28-37(29-27-34)47-48-44-24-10-11-25-45(44)50(47)40-20-8-3-9-21-40/h1-33H. The van der Waals surface area contributed by atoms with Gasteiger partial charge in [-0.2, -0.15) is 0 Å². The Morgan fingerprint density at radius 2 is 0.860 bits per heavy atom. The summed E-state index contributed by atoms with van der Waals surface area (Å²) in [7, 11) is 0. The molecule has 0 atom stereocenters. The molecule has 8 aromatic carbocycles. The van der Waals surface area contributed by atoms with Crippen LogP contribution < -0.4 is 4.90 Å². The summed E-state index contributed by atoms with van der Waals surface area (Å²) < 4.78 is 2.25. The Bertz CT molecular complexity index is 2510. The van der Waals surface area contributed by atoms with Crippen LogP contribution in [0.5, 0.6) is 0 Å². The van der Waals surface area contributed by atoms with Gasteiger partial charge < -0.3 is 4.90 Å². The first-order valence-electron chi connectivity index (χ1n) is 17.0. The molecule has 0 bridgehead atoms. The molecule has 0 amide bonds. The molecule has 1 aromatic heterocycles. The zero-order chi connectivity index (χ0) is 33.3. The van der Waals surface area contributed by atoms with Crippen molar-refractivity contribution < 1.29 is 0 Å². The van der Waals surface area contributed by atoms with Crippen molar-refractivity contribution in [1.29, 1.82) is 0 Å². The maximum atomic E-state index is 5.08. The summed E-state index contributed by atoms with van der Waals surface area (Å²) in [5, 5.41) is 2.46. The van der Waals surface area contributed by atoms with Crippen molar-refractivity contribution in [2.75, 3.05) is 4.90 Å². The average molecular weight is 640 g/mol. The summed E-state index contributed by atoms with van der Waals surface area (Å²) in [5.74, 6) is 0.933. The van der Waals surface area contributed by atoms with Crippen LogP contribution in [0.1, 0.15) is 0 Å². The van der Waals surface area contributed by atoms with Gasteiger partial charge in [-0.1, -0.05) is 140 Å². The van der Waals surface area contributed by atoms with Gasteiger partial charge in [0, 0.05) is 28.3 Å². The van der Waals surface area contributed by atoms with Crippen molar-refractivity contribution in [3.05, 3.63) is 200 Å². The smallest absolute Gasteiger partial charge is 0.145 e. The van der Waals surface area contributed by atoms with Gasteiger partial charge in [0.1, 0.15) is 5.82 Å². The zero-order valence-corrected chi connectivity index (χ0v) is 27.4. The number of para-hydroxylation sites is 5. The van der Waals surface area contributed by atoms with Gasteiger partial charge >= 0.3 is 0 Å². The minimum atomic E-state index is 0.933. The van der Waals surface area contributed by atoms with Crippen LogP contribution in [0.4, 0.5) is 17.1 Å². The predicted octanol–water partition coefficient (Wildman–Crippen LogP) is 12.6. The lowest BCUT2D eigenvalue weighted by atomic mass is 9.91. The zero-order valence-electron chi connectivity index (χ0n) is 27.4. The molecule has 0 aliphatic heterocycles. The van der Waals surface area contributed by atoms with E-state index in [1.807, 2.05) is 12.1 Å².